The van der Waals surface area contributed by atoms with Crippen LogP contribution in [0.25, 0.3) is 11.1 Å². The average molecular weight is 390 g/mol. The lowest BCUT2D eigenvalue weighted by molar-refractivity contribution is -0.146. The van der Waals surface area contributed by atoms with Crippen molar-refractivity contribution >= 4 is 17.6 Å². The van der Waals surface area contributed by atoms with Crippen molar-refractivity contribution < 1.29 is 19.2 Å². The van der Waals surface area contributed by atoms with Gasteiger partial charge in [0.25, 0.3) is 0 Å². The van der Waals surface area contributed by atoms with Gasteiger partial charge in [-0.2, -0.15) is 0 Å². The van der Waals surface area contributed by atoms with Crippen LogP contribution < -0.4 is 5.32 Å². The lowest BCUT2D eigenvalue weighted by Crippen LogP contribution is -2.46. The third-order valence-electron chi connectivity index (χ3n) is 5.83. The van der Waals surface area contributed by atoms with Gasteiger partial charge in [0.05, 0.1) is 11.6 Å². The fourth-order valence-electron chi connectivity index (χ4n) is 4.57. The number of hydrogen-bond donors (Lipinski definition) is 2. The van der Waals surface area contributed by atoms with E-state index in [9.17, 15) is 14.7 Å². The first-order valence-electron chi connectivity index (χ1n) is 9.58. The molecule has 1 aliphatic rings. The maximum absolute atomic E-state index is 13.4. The molecule has 6 nitrogen and oxygen atoms in total. The second-order valence-electron chi connectivity index (χ2n) is 7.39. The van der Waals surface area contributed by atoms with Crippen molar-refractivity contribution in [3.05, 3.63) is 71.1 Å². The molecule has 29 heavy (non-hydrogen) atoms. The van der Waals surface area contributed by atoms with Crippen molar-refractivity contribution in [1.29, 1.82) is 0 Å². The molecule has 2 unspecified atom stereocenters. The largest absolute Gasteiger partial charge is 0.481 e. The molecule has 3 aromatic rings. The van der Waals surface area contributed by atoms with E-state index >= 15 is 0 Å². The number of anilines is 1. The summed E-state index contributed by atoms with van der Waals surface area (Å²) in [7, 11) is 0. The highest BCUT2D eigenvalue weighted by atomic mass is 16.5. The van der Waals surface area contributed by atoms with Crippen LogP contribution in [0.2, 0.25) is 0 Å². The van der Waals surface area contributed by atoms with Crippen molar-refractivity contribution in [1.82, 2.24) is 5.16 Å². The van der Waals surface area contributed by atoms with Gasteiger partial charge in [-0.3, -0.25) is 9.59 Å². The molecule has 1 aromatic heterocycles. The molecule has 4 rings (SSSR count). The van der Waals surface area contributed by atoms with Crippen molar-refractivity contribution in [3.63, 3.8) is 0 Å². The van der Waals surface area contributed by atoms with Gasteiger partial charge in [0.15, 0.2) is 0 Å². The van der Waals surface area contributed by atoms with Gasteiger partial charge in [-0.25, -0.2) is 0 Å². The summed E-state index contributed by atoms with van der Waals surface area (Å²) in [5.74, 6) is -1.55. The maximum atomic E-state index is 13.4. The number of hydrogen-bond acceptors (Lipinski definition) is 4. The number of amides is 1. The van der Waals surface area contributed by atoms with Gasteiger partial charge in [-0.05, 0) is 49.1 Å². The number of aromatic nitrogens is 1. The van der Waals surface area contributed by atoms with E-state index in [-0.39, 0.29) is 5.91 Å². The Morgan fingerprint density at radius 1 is 1.21 bits per heavy atom. The summed E-state index contributed by atoms with van der Waals surface area (Å²) in [5.41, 5.74) is 3.10. The van der Waals surface area contributed by atoms with E-state index in [1.165, 1.54) is 0 Å². The highest BCUT2D eigenvalue weighted by Crippen LogP contribution is 2.50. The first-order chi connectivity index (χ1) is 13.9. The summed E-state index contributed by atoms with van der Waals surface area (Å²) in [5, 5.41) is 17.0. The number of fused-ring (bicyclic) bond motifs is 1. The molecule has 0 saturated heterocycles. The monoisotopic (exact) mass is 390 g/mol. The number of carbonyl (C=O) groups excluding carboxylic acids is 1. The summed E-state index contributed by atoms with van der Waals surface area (Å²) in [6.45, 7) is 5.49. The minimum Gasteiger partial charge on any atom is -0.481 e. The SMILES string of the molecule is CCC(C(=O)O)C1(c2ccccc2)C(=O)Nc2ccc(-c3c(C)noc3C)cc21. The molecule has 0 radical (unpaired) electrons. The van der Waals surface area contributed by atoms with Gasteiger partial charge in [0.1, 0.15) is 11.2 Å². The lowest BCUT2D eigenvalue weighted by atomic mass is 9.65. The van der Waals surface area contributed by atoms with Gasteiger partial charge in [-0.15, -0.1) is 0 Å². The van der Waals surface area contributed by atoms with Crippen molar-refractivity contribution in [2.45, 2.75) is 32.6 Å². The molecule has 2 atom stereocenters. The van der Waals surface area contributed by atoms with E-state index in [4.69, 9.17) is 4.52 Å². The molecule has 148 valence electrons. The van der Waals surface area contributed by atoms with Gasteiger partial charge >= 0.3 is 5.97 Å². The average Bonchev–Trinajstić information content (AvgIpc) is 3.19. The third-order valence-corrected chi connectivity index (χ3v) is 5.83. The molecular weight excluding hydrogens is 368 g/mol. The summed E-state index contributed by atoms with van der Waals surface area (Å²) in [6, 6.07) is 14.8. The van der Waals surface area contributed by atoms with Crippen LogP contribution >= 0.6 is 0 Å². The van der Waals surface area contributed by atoms with Crippen LogP contribution in [0.5, 0.6) is 0 Å². The van der Waals surface area contributed by atoms with Gasteiger partial charge in [-0.1, -0.05) is 48.5 Å². The van der Waals surface area contributed by atoms with Crippen LogP contribution in [-0.4, -0.2) is 22.1 Å². The molecule has 6 heteroatoms. The summed E-state index contributed by atoms with van der Waals surface area (Å²) >= 11 is 0. The molecule has 0 spiro atoms. The quantitative estimate of drug-likeness (QED) is 0.677. The van der Waals surface area contributed by atoms with E-state index in [1.54, 1.807) is 6.92 Å². The Balaban J connectivity index is 2.03. The standard InChI is InChI=1S/C23H22N2O4/c1-4-17(21(26)27)23(16-8-6-5-7-9-16)18-12-15(10-11-19(18)24-22(23)28)20-13(2)25-29-14(20)3/h5-12,17H,4H2,1-3H3,(H,24,28)(H,26,27). The number of benzene rings is 2. The number of aliphatic carboxylic acids is 1. The van der Waals surface area contributed by atoms with Gasteiger partial charge < -0.3 is 14.9 Å². The topological polar surface area (TPSA) is 92.4 Å². The predicted octanol–water partition coefficient (Wildman–Crippen LogP) is 4.31. The second kappa shape index (κ2) is 6.88. The van der Waals surface area contributed by atoms with Crippen molar-refractivity contribution in [2.75, 3.05) is 5.32 Å². The normalized spacial score (nSPS) is 18.9. The Morgan fingerprint density at radius 3 is 2.52 bits per heavy atom. The molecule has 0 bridgehead atoms. The Hall–Kier alpha value is -3.41. The zero-order chi connectivity index (χ0) is 20.8. The van der Waals surface area contributed by atoms with Gasteiger partial charge in [0, 0.05) is 11.3 Å². The van der Waals surface area contributed by atoms with E-state index in [0.717, 1.165) is 16.8 Å². The number of carbonyl (C=O) groups is 2. The zero-order valence-corrected chi connectivity index (χ0v) is 16.5. The van der Waals surface area contributed by atoms with E-state index in [0.29, 0.717) is 29.0 Å². The van der Waals surface area contributed by atoms with Crippen LogP contribution in [0.1, 0.15) is 35.9 Å². The highest BCUT2D eigenvalue weighted by Gasteiger charge is 2.55. The van der Waals surface area contributed by atoms with E-state index < -0.39 is 17.3 Å². The summed E-state index contributed by atoms with van der Waals surface area (Å²) in [4.78, 5) is 25.7. The first-order valence-corrected chi connectivity index (χ1v) is 9.58. The molecule has 1 amide bonds. The van der Waals surface area contributed by atoms with E-state index in [2.05, 4.69) is 10.5 Å². The Morgan fingerprint density at radius 2 is 1.93 bits per heavy atom. The van der Waals surface area contributed by atoms with Crippen LogP contribution in [-0.2, 0) is 15.0 Å². The zero-order valence-electron chi connectivity index (χ0n) is 16.5. The Kier molecular flexibility index (Phi) is 4.49. The minimum absolute atomic E-state index is 0.312. The van der Waals surface area contributed by atoms with E-state index in [1.807, 2.05) is 62.4 Å². The number of nitrogens with zero attached hydrogens (tertiary/aromatic N) is 1. The Labute approximate surface area is 168 Å². The van der Waals surface area contributed by atoms with Crippen LogP contribution in [0.15, 0.2) is 53.1 Å². The number of nitrogens with one attached hydrogen (secondary N) is 1. The number of rotatable bonds is 5. The molecule has 0 aliphatic carbocycles. The van der Waals surface area contributed by atoms with Crippen LogP contribution in [0, 0.1) is 19.8 Å². The van der Waals surface area contributed by atoms with Crippen LogP contribution in [0.4, 0.5) is 5.69 Å². The molecule has 2 aromatic carbocycles. The Bertz CT molecular complexity index is 1080. The van der Waals surface area contributed by atoms with Gasteiger partial charge in [0.2, 0.25) is 5.91 Å². The predicted molar refractivity (Wildman–Crippen MR) is 109 cm³/mol. The third kappa shape index (κ3) is 2.67. The summed E-state index contributed by atoms with van der Waals surface area (Å²) < 4.78 is 5.31. The minimum atomic E-state index is -1.31. The lowest BCUT2D eigenvalue weighted by Gasteiger charge is -2.33. The van der Waals surface area contributed by atoms with Crippen LogP contribution in [0.3, 0.4) is 0 Å². The first kappa shape index (κ1) is 18.9. The molecule has 1 aliphatic heterocycles. The molecule has 0 fully saturated rings. The molecular formula is C23H22N2O4. The maximum Gasteiger partial charge on any atom is 0.308 e. The molecule has 0 saturated carbocycles. The highest BCUT2D eigenvalue weighted by molar-refractivity contribution is 6.11. The van der Waals surface area contributed by atoms with Crippen molar-refractivity contribution in [2.24, 2.45) is 5.92 Å². The number of carboxylic acid groups (broad SMARTS) is 1. The number of aryl methyl sites for hydroxylation is 2. The number of carboxylic acids is 1. The summed E-state index contributed by atoms with van der Waals surface area (Å²) in [6.07, 6.45) is 0.312. The molecule has 2 N–H and O–H groups in total. The second-order valence-corrected chi connectivity index (χ2v) is 7.39. The van der Waals surface area contributed by atoms with Crippen molar-refractivity contribution in [3.8, 4) is 11.1 Å². The fraction of sp³-hybridized carbons (Fsp3) is 0.261. The smallest absolute Gasteiger partial charge is 0.308 e. The fourth-order valence-corrected chi connectivity index (χ4v) is 4.57. The molecule has 2 heterocycles.